The smallest absolute Gasteiger partial charge is 0.310 e. The summed E-state index contributed by atoms with van der Waals surface area (Å²) in [6.45, 7) is 13.8. The Hall–Kier alpha value is -2.12. The Labute approximate surface area is 294 Å². The van der Waals surface area contributed by atoms with Crippen LogP contribution in [0.3, 0.4) is 0 Å². The summed E-state index contributed by atoms with van der Waals surface area (Å²) in [6, 6.07) is 0. The van der Waals surface area contributed by atoms with Crippen molar-refractivity contribution in [2.45, 2.75) is 202 Å². The lowest BCUT2D eigenvalue weighted by Crippen LogP contribution is -2.37. The van der Waals surface area contributed by atoms with Gasteiger partial charge in [0.2, 0.25) is 0 Å². The zero-order valence-corrected chi connectivity index (χ0v) is 32.1. The van der Waals surface area contributed by atoms with Crippen LogP contribution in [0.4, 0.5) is 0 Å². The lowest BCUT2D eigenvalue weighted by molar-refractivity contribution is -0.158. The summed E-state index contributed by atoms with van der Waals surface area (Å²) < 4.78 is 10.3. The molecule has 0 aromatic carbocycles. The average Bonchev–Trinajstić information content (AvgIpc) is 3.06. The second kappa shape index (κ2) is 33.4. The molecule has 8 heteroatoms. The minimum atomic E-state index is -1.12. The highest BCUT2D eigenvalue weighted by atomic mass is 16.5. The first-order valence-electron chi connectivity index (χ1n) is 19.8. The van der Waals surface area contributed by atoms with Crippen LogP contribution in [0.1, 0.15) is 202 Å². The van der Waals surface area contributed by atoms with Crippen molar-refractivity contribution in [3.05, 3.63) is 0 Å². The third kappa shape index (κ3) is 27.8. The van der Waals surface area contributed by atoms with Gasteiger partial charge in [0.15, 0.2) is 0 Å². The second-order valence-electron chi connectivity index (χ2n) is 13.9. The number of hydrogen-bond donors (Lipinski definition) is 2. The minimum absolute atomic E-state index is 0.130. The Bertz CT molecular complexity index is 748. The van der Waals surface area contributed by atoms with Crippen LogP contribution < -0.4 is 0 Å². The molecule has 0 aliphatic rings. The molecule has 284 valence electrons. The van der Waals surface area contributed by atoms with Crippen molar-refractivity contribution < 1.29 is 38.9 Å². The molecule has 0 heterocycles. The average molecular weight is 685 g/mol. The Morgan fingerprint density at radius 1 is 0.521 bits per heavy atom. The minimum Gasteiger partial charge on any atom is -0.481 e. The van der Waals surface area contributed by atoms with Crippen LogP contribution in [0.15, 0.2) is 0 Å². The van der Waals surface area contributed by atoms with E-state index < -0.39 is 17.4 Å². The van der Waals surface area contributed by atoms with Gasteiger partial charge in [-0.15, -0.1) is 0 Å². The molecule has 0 saturated carbocycles. The molecule has 2 unspecified atom stereocenters. The van der Waals surface area contributed by atoms with E-state index >= 15 is 0 Å². The standard InChI is InChI=1S/2C20H38O4/c1-5-9-11-16(7-3)13-20(19(23)24,15-18(21)22)14-17(8-4)12-10-6-2;1-3-5-7-9-11-13-17-23-19(21)15-16-20(22)24-18-14-12-10-8-6-4-2/h16-17H,5-15H2,1-4H3,(H,21,22)(H,23,24);3-18H2,1-2H3. The topological polar surface area (TPSA) is 127 Å². The summed E-state index contributed by atoms with van der Waals surface area (Å²) in [5.41, 5.74) is -1.12. The fraction of sp³-hybridized carbons (Fsp3) is 0.900. The Kier molecular flexibility index (Phi) is 33.4. The van der Waals surface area contributed by atoms with Gasteiger partial charge in [-0.05, 0) is 37.5 Å². The summed E-state index contributed by atoms with van der Waals surface area (Å²) >= 11 is 0. The van der Waals surface area contributed by atoms with E-state index in [1.54, 1.807) is 0 Å². The number of carbonyl (C=O) groups excluding carboxylic acids is 2. The van der Waals surface area contributed by atoms with Crippen molar-refractivity contribution in [2.24, 2.45) is 17.3 Å². The molecule has 0 bridgehead atoms. The number of carboxylic acid groups (broad SMARTS) is 2. The summed E-state index contributed by atoms with van der Waals surface area (Å²) in [5, 5.41) is 19.3. The van der Waals surface area contributed by atoms with E-state index in [9.17, 15) is 29.4 Å². The van der Waals surface area contributed by atoms with Crippen molar-refractivity contribution >= 4 is 23.9 Å². The van der Waals surface area contributed by atoms with Crippen LogP contribution in [0.5, 0.6) is 0 Å². The fourth-order valence-electron chi connectivity index (χ4n) is 6.24. The lowest BCUT2D eigenvalue weighted by atomic mass is 9.68. The van der Waals surface area contributed by atoms with Crippen molar-refractivity contribution in [3.63, 3.8) is 0 Å². The first-order valence-corrected chi connectivity index (χ1v) is 19.8. The monoisotopic (exact) mass is 685 g/mol. The van der Waals surface area contributed by atoms with Crippen LogP contribution in [0.25, 0.3) is 0 Å². The molecule has 0 spiro atoms. The number of ether oxygens (including phenoxy) is 2. The molecule has 2 N–H and O–H groups in total. The number of esters is 2. The van der Waals surface area contributed by atoms with Crippen LogP contribution in [-0.2, 0) is 28.7 Å². The molecule has 0 aliphatic carbocycles. The molecule has 2 atom stereocenters. The maximum absolute atomic E-state index is 12.1. The first-order chi connectivity index (χ1) is 23.0. The number of hydrogen-bond acceptors (Lipinski definition) is 6. The van der Waals surface area contributed by atoms with E-state index in [1.165, 1.54) is 51.4 Å². The summed E-state index contributed by atoms with van der Waals surface area (Å²) in [5.74, 6) is -1.91. The number of unbranched alkanes of at least 4 members (excludes halogenated alkanes) is 12. The number of rotatable bonds is 32. The molecule has 0 rings (SSSR count). The van der Waals surface area contributed by atoms with Crippen molar-refractivity contribution in [1.29, 1.82) is 0 Å². The Morgan fingerprint density at radius 3 is 1.19 bits per heavy atom. The van der Waals surface area contributed by atoms with E-state index in [1.807, 2.05) is 0 Å². The molecule has 0 aromatic rings. The van der Waals surface area contributed by atoms with Gasteiger partial charge in [0.25, 0.3) is 0 Å². The van der Waals surface area contributed by atoms with Gasteiger partial charge in [0, 0.05) is 0 Å². The van der Waals surface area contributed by atoms with Gasteiger partial charge >= 0.3 is 23.9 Å². The normalized spacial score (nSPS) is 13.5. The van der Waals surface area contributed by atoms with Gasteiger partial charge < -0.3 is 19.7 Å². The molecule has 48 heavy (non-hydrogen) atoms. The van der Waals surface area contributed by atoms with Crippen molar-refractivity contribution in [2.75, 3.05) is 13.2 Å². The maximum atomic E-state index is 12.1. The van der Waals surface area contributed by atoms with E-state index in [4.69, 9.17) is 9.47 Å². The largest absolute Gasteiger partial charge is 0.481 e. The Morgan fingerprint density at radius 2 is 0.875 bits per heavy atom. The molecule has 8 nitrogen and oxygen atoms in total. The van der Waals surface area contributed by atoms with Crippen molar-refractivity contribution in [3.8, 4) is 0 Å². The molecule has 0 saturated heterocycles. The summed E-state index contributed by atoms with van der Waals surface area (Å²) in [6.07, 6.45) is 23.1. The number of carbonyl (C=O) groups is 4. The van der Waals surface area contributed by atoms with Crippen LogP contribution >= 0.6 is 0 Å². The van der Waals surface area contributed by atoms with Crippen molar-refractivity contribution in [1.82, 2.24) is 0 Å². The highest BCUT2D eigenvalue weighted by molar-refractivity contribution is 5.81. The van der Waals surface area contributed by atoms with E-state index in [0.717, 1.165) is 77.0 Å². The summed E-state index contributed by atoms with van der Waals surface area (Å²) in [7, 11) is 0. The lowest BCUT2D eigenvalue weighted by Gasteiger charge is -2.34. The first kappa shape index (κ1) is 48.0. The van der Waals surface area contributed by atoms with Gasteiger partial charge in [-0.25, -0.2) is 0 Å². The molecule has 0 radical (unpaired) electrons. The van der Waals surface area contributed by atoms with E-state index in [0.29, 0.717) is 37.9 Å². The predicted molar refractivity (Wildman–Crippen MR) is 196 cm³/mol. The zero-order chi connectivity index (χ0) is 36.5. The zero-order valence-electron chi connectivity index (χ0n) is 32.1. The Balaban J connectivity index is 0. The quantitative estimate of drug-likeness (QED) is 0.0529. The molecule has 0 amide bonds. The number of carboxylic acids is 2. The predicted octanol–water partition coefficient (Wildman–Crippen LogP) is 11.3. The van der Waals surface area contributed by atoms with Crippen LogP contribution in [0.2, 0.25) is 0 Å². The van der Waals surface area contributed by atoms with Gasteiger partial charge in [-0.1, -0.05) is 157 Å². The SMILES string of the molecule is CCCCC(CC)CC(CC(=O)O)(CC(CC)CCCC)C(=O)O.CCCCCCCCOC(=O)CCC(=O)OCCCCCCCC. The molecule has 0 aliphatic heterocycles. The van der Waals surface area contributed by atoms with Gasteiger partial charge in [-0.2, -0.15) is 0 Å². The van der Waals surface area contributed by atoms with Crippen LogP contribution in [0, 0.1) is 17.3 Å². The van der Waals surface area contributed by atoms with Crippen LogP contribution in [-0.4, -0.2) is 47.3 Å². The highest BCUT2D eigenvalue weighted by Gasteiger charge is 2.43. The third-order valence-electron chi connectivity index (χ3n) is 9.44. The molecule has 0 aromatic heterocycles. The van der Waals surface area contributed by atoms with E-state index in [-0.39, 0.29) is 31.2 Å². The second-order valence-corrected chi connectivity index (χ2v) is 13.9. The maximum Gasteiger partial charge on any atom is 0.310 e. The summed E-state index contributed by atoms with van der Waals surface area (Å²) in [4.78, 5) is 46.6. The molecular weight excluding hydrogens is 608 g/mol. The van der Waals surface area contributed by atoms with Gasteiger partial charge in [0.05, 0.1) is 37.9 Å². The molecular formula is C40H76O8. The number of aliphatic carboxylic acids is 2. The van der Waals surface area contributed by atoms with Gasteiger partial charge in [0.1, 0.15) is 0 Å². The molecule has 0 fully saturated rings. The van der Waals surface area contributed by atoms with Gasteiger partial charge in [-0.3, -0.25) is 19.2 Å². The highest BCUT2D eigenvalue weighted by Crippen LogP contribution is 2.42. The van der Waals surface area contributed by atoms with E-state index in [2.05, 4.69) is 41.5 Å². The fourth-order valence-corrected chi connectivity index (χ4v) is 6.24. The third-order valence-corrected chi connectivity index (χ3v) is 9.44.